The molecule has 3 rings (SSSR count). The van der Waals surface area contributed by atoms with Gasteiger partial charge in [0.15, 0.2) is 5.96 Å². The van der Waals surface area contributed by atoms with Gasteiger partial charge in [-0.1, -0.05) is 12.1 Å². The molecule has 1 aromatic heterocycles. The van der Waals surface area contributed by atoms with Crippen molar-refractivity contribution in [1.29, 1.82) is 0 Å². The topological polar surface area (TPSA) is 88.3 Å². The molecule has 6 nitrogen and oxygen atoms in total. The second-order valence-corrected chi connectivity index (χ2v) is 6.39. The van der Waals surface area contributed by atoms with Crippen LogP contribution in [0.4, 0.5) is 5.69 Å². The van der Waals surface area contributed by atoms with E-state index in [4.69, 9.17) is 10.5 Å². The standard InChI is InChI=1S/C20H25N5O/c1-14(2)26-16-11-9-15(10-12-16)23-20(21)22-13-5-8-19-24-17-6-3-4-7-18(17)25-19/h3-4,6-7,9-12,14H,5,8,13H2,1-2H3,(H,24,25)(H3,21,22,23). The summed E-state index contributed by atoms with van der Waals surface area (Å²) in [6.07, 6.45) is 1.88. The number of fused-ring (bicyclic) bond motifs is 1. The third-order valence-electron chi connectivity index (χ3n) is 3.79. The van der Waals surface area contributed by atoms with Crippen LogP contribution in [0.5, 0.6) is 5.75 Å². The maximum atomic E-state index is 5.95. The minimum atomic E-state index is 0.159. The van der Waals surface area contributed by atoms with Crippen LogP contribution in [0.1, 0.15) is 26.1 Å². The van der Waals surface area contributed by atoms with Crippen LogP contribution in [0.3, 0.4) is 0 Å². The van der Waals surface area contributed by atoms with Crippen LogP contribution in [0, 0.1) is 0 Å². The first-order valence-electron chi connectivity index (χ1n) is 8.87. The summed E-state index contributed by atoms with van der Waals surface area (Å²) >= 11 is 0. The van der Waals surface area contributed by atoms with Gasteiger partial charge in [-0.05, 0) is 56.7 Å². The number of nitrogens with two attached hydrogens (primary N) is 1. The number of aliphatic imine (C=N–C) groups is 1. The third kappa shape index (κ3) is 4.99. The molecule has 2 aromatic carbocycles. The van der Waals surface area contributed by atoms with E-state index in [1.807, 2.05) is 62.4 Å². The summed E-state index contributed by atoms with van der Waals surface area (Å²) in [5.41, 5.74) is 8.90. The maximum absolute atomic E-state index is 5.95. The predicted molar refractivity (Wildman–Crippen MR) is 107 cm³/mol. The van der Waals surface area contributed by atoms with Gasteiger partial charge in [-0.3, -0.25) is 4.99 Å². The number of H-pyrrole nitrogens is 1. The minimum absolute atomic E-state index is 0.159. The molecule has 1 heterocycles. The number of nitrogens with zero attached hydrogens (tertiary/aromatic N) is 2. The fraction of sp³-hybridized carbons (Fsp3) is 0.300. The molecule has 136 valence electrons. The van der Waals surface area contributed by atoms with Crippen LogP contribution in [0.15, 0.2) is 53.5 Å². The SMILES string of the molecule is CC(C)Oc1ccc(NC(N)=NCCCc2nc3ccccc3[nH]2)cc1. The third-order valence-corrected chi connectivity index (χ3v) is 3.79. The normalized spacial score (nSPS) is 11.9. The van der Waals surface area contributed by atoms with Gasteiger partial charge in [-0.25, -0.2) is 4.98 Å². The number of hydrogen-bond acceptors (Lipinski definition) is 3. The summed E-state index contributed by atoms with van der Waals surface area (Å²) in [5.74, 6) is 2.23. The van der Waals surface area contributed by atoms with Gasteiger partial charge in [0, 0.05) is 18.7 Å². The summed E-state index contributed by atoms with van der Waals surface area (Å²) in [7, 11) is 0. The minimum Gasteiger partial charge on any atom is -0.491 e. The number of para-hydroxylation sites is 2. The molecule has 6 heteroatoms. The van der Waals surface area contributed by atoms with Crippen molar-refractivity contribution in [3.05, 3.63) is 54.4 Å². The Morgan fingerprint density at radius 1 is 1.19 bits per heavy atom. The molecule has 0 amide bonds. The largest absolute Gasteiger partial charge is 0.491 e. The van der Waals surface area contributed by atoms with Crippen LogP contribution in [-0.4, -0.2) is 28.6 Å². The lowest BCUT2D eigenvalue weighted by molar-refractivity contribution is 0.242. The Balaban J connectivity index is 1.46. The zero-order valence-electron chi connectivity index (χ0n) is 15.2. The molecule has 0 radical (unpaired) electrons. The highest BCUT2D eigenvalue weighted by molar-refractivity contribution is 5.92. The summed E-state index contributed by atoms with van der Waals surface area (Å²) in [6, 6.07) is 15.7. The number of benzene rings is 2. The number of imidazole rings is 1. The van der Waals surface area contributed by atoms with Crippen molar-refractivity contribution in [1.82, 2.24) is 9.97 Å². The summed E-state index contributed by atoms with van der Waals surface area (Å²) < 4.78 is 5.62. The van der Waals surface area contributed by atoms with Crippen molar-refractivity contribution in [2.24, 2.45) is 10.7 Å². The quantitative estimate of drug-likeness (QED) is 0.344. The van der Waals surface area contributed by atoms with Gasteiger partial charge < -0.3 is 20.8 Å². The first kappa shape index (κ1) is 17.8. The zero-order valence-corrected chi connectivity index (χ0v) is 15.2. The number of hydrogen-bond donors (Lipinski definition) is 3. The van der Waals surface area contributed by atoms with Gasteiger partial charge in [0.1, 0.15) is 11.6 Å². The van der Waals surface area contributed by atoms with Crippen molar-refractivity contribution in [2.45, 2.75) is 32.8 Å². The average Bonchev–Trinajstić information content (AvgIpc) is 3.03. The van der Waals surface area contributed by atoms with Crippen molar-refractivity contribution >= 4 is 22.7 Å². The second kappa shape index (κ2) is 8.38. The summed E-state index contributed by atoms with van der Waals surface area (Å²) in [4.78, 5) is 12.3. The lowest BCUT2D eigenvalue weighted by Crippen LogP contribution is -2.22. The molecule has 0 unspecified atom stereocenters. The van der Waals surface area contributed by atoms with Gasteiger partial charge in [-0.2, -0.15) is 0 Å². The van der Waals surface area contributed by atoms with Crippen molar-refractivity contribution < 1.29 is 4.74 Å². The molecule has 4 N–H and O–H groups in total. The Bertz CT molecular complexity index is 834. The Labute approximate surface area is 153 Å². The molecule has 0 aliphatic rings. The molecule has 0 bridgehead atoms. The van der Waals surface area contributed by atoms with Crippen LogP contribution >= 0.6 is 0 Å². The zero-order chi connectivity index (χ0) is 18.4. The summed E-state index contributed by atoms with van der Waals surface area (Å²) in [5, 5.41) is 3.09. The van der Waals surface area contributed by atoms with Gasteiger partial charge in [0.2, 0.25) is 0 Å². The van der Waals surface area contributed by atoms with Crippen LogP contribution in [0.25, 0.3) is 11.0 Å². The smallest absolute Gasteiger partial charge is 0.193 e. The number of guanidine groups is 1. The fourth-order valence-electron chi connectivity index (χ4n) is 2.65. The number of aromatic amines is 1. The highest BCUT2D eigenvalue weighted by Crippen LogP contribution is 2.16. The fourth-order valence-corrected chi connectivity index (χ4v) is 2.65. The Hall–Kier alpha value is -3.02. The van der Waals surface area contributed by atoms with Crippen LogP contribution in [0.2, 0.25) is 0 Å². The van der Waals surface area contributed by atoms with E-state index >= 15 is 0 Å². The van der Waals surface area contributed by atoms with E-state index < -0.39 is 0 Å². The van der Waals surface area contributed by atoms with E-state index in [0.29, 0.717) is 12.5 Å². The second-order valence-electron chi connectivity index (χ2n) is 6.39. The van der Waals surface area contributed by atoms with E-state index in [9.17, 15) is 0 Å². The molecule has 0 aliphatic heterocycles. The first-order valence-corrected chi connectivity index (χ1v) is 8.87. The number of ether oxygens (including phenoxy) is 1. The molecular weight excluding hydrogens is 326 g/mol. The number of nitrogens with one attached hydrogen (secondary N) is 2. The lowest BCUT2D eigenvalue weighted by Gasteiger charge is -2.10. The molecule has 0 saturated carbocycles. The van der Waals surface area contributed by atoms with Gasteiger partial charge in [0.25, 0.3) is 0 Å². The average molecular weight is 351 g/mol. The molecule has 3 aromatic rings. The lowest BCUT2D eigenvalue weighted by atomic mass is 10.3. The van der Waals surface area contributed by atoms with Gasteiger partial charge in [-0.15, -0.1) is 0 Å². The predicted octanol–water partition coefficient (Wildman–Crippen LogP) is 3.71. The molecule has 0 fully saturated rings. The highest BCUT2D eigenvalue weighted by Gasteiger charge is 2.02. The van der Waals surface area contributed by atoms with Crippen molar-refractivity contribution in [3.8, 4) is 5.75 Å². The number of anilines is 1. The Kier molecular flexibility index (Phi) is 5.73. The molecule has 0 aliphatic carbocycles. The Morgan fingerprint density at radius 3 is 2.69 bits per heavy atom. The van der Waals surface area contributed by atoms with Gasteiger partial charge >= 0.3 is 0 Å². The number of rotatable bonds is 7. The molecule has 0 saturated heterocycles. The monoisotopic (exact) mass is 351 g/mol. The van der Waals surface area contributed by atoms with E-state index in [-0.39, 0.29) is 6.10 Å². The molecule has 0 atom stereocenters. The first-order chi connectivity index (χ1) is 12.6. The van der Waals surface area contributed by atoms with E-state index in [2.05, 4.69) is 20.3 Å². The number of aromatic nitrogens is 2. The maximum Gasteiger partial charge on any atom is 0.193 e. The molecular formula is C20H25N5O. The van der Waals surface area contributed by atoms with Crippen molar-refractivity contribution in [3.63, 3.8) is 0 Å². The van der Waals surface area contributed by atoms with E-state index in [0.717, 1.165) is 41.1 Å². The van der Waals surface area contributed by atoms with E-state index in [1.54, 1.807) is 0 Å². The van der Waals surface area contributed by atoms with Crippen LogP contribution < -0.4 is 15.8 Å². The highest BCUT2D eigenvalue weighted by atomic mass is 16.5. The van der Waals surface area contributed by atoms with Gasteiger partial charge in [0.05, 0.1) is 17.1 Å². The van der Waals surface area contributed by atoms with Crippen LogP contribution in [-0.2, 0) is 6.42 Å². The Morgan fingerprint density at radius 2 is 1.96 bits per heavy atom. The summed E-state index contributed by atoms with van der Waals surface area (Å²) in [6.45, 7) is 4.65. The molecule has 0 spiro atoms. The molecule has 26 heavy (non-hydrogen) atoms. The van der Waals surface area contributed by atoms with Crippen molar-refractivity contribution in [2.75, 3.05) is 11.9 Å². The van der Waals surface area contributed by atoms with E-state index in [1.165, 1.54) is 0 Å². The number of aryl methyl sites for hydroxylation is 1.